The summed E-state index contributed by atoms with van der Waals surface area (Å²) in [6, 6.07) is 3.93. The third-order valence-corrected chi connectivity index (χ3v) is 2.42. The van der Waals surface area contributed by atoms with Crippen molar-refractivity contribution in [2.75, 3.05) is 19.1 Å². The number of carbonyl (C=O) groups excluding carboxylic acids is 1. The fourth-order valence-electron chi connectivity index (χ4n) is 1.63. The van der Waals surface area contributed by atoms with Gasteiger partial charge in [0, 0.05) is 19.2 Å². The number of benzene rings is 1. The van der Waals surface area contributed by atoms with Gasteiger partial charge in [-0.15, -0.1) is 0 Å². The zero-order chi connectivity index (χ0) is 14.4. The van der Waals surface area contributed by atoms with E-state index in [1.807, 2.05) is 0 Å². The third kappa shape index (κ3) is 3.63. The molecule has 19 heavy (non-hydrogen) atoms. The van der Waals surface area contributed by atoms with Crippen molar-refractivity contribution >= 4 is 17.3 Å². The molecule has 0 bridgehead atoms. The average Bonchev–Trinajstić information content (AvgIpc) is 2.37. The minimum absolute atomic E-state index is 0.0189. The second-order valence-corrected chi connectivity index (χ2v) is 3.93. The molecule has 0 saturated heterocycles. The lowest BCUT2D eigenvalue weighted by Gasteiger charge is -2.14. The van der Waals surface area contributed by atoms with Gasteiger partial charge in [0.05, 0.1) is 17.1 Å². The second-order valence-electron chi connectivity index (χ2n) is 3.93. The number of ether oxygens (including phenoxy) is 1. The van der Waals surface area contributed by atoms with E-state index in [1.54, 1.807) is 6.92 Å². The Labute approximate surface area is 110 Å². The van der Waals surface area contributed by atoms with Crippen LogP contribution in [-0.2, 0) is 4.74 Å². The minimum Gasteiger partial charge on any atom is -0.383 e. The lowest BCUT2D eigenvalue weighted by atomic mass is 10.1. The summed E-state index contributed by atoms with van der Waals surface area (Å²) in [7, 11) is 1.52. The largest absolute Gasteiger partial charge is 0.383 e. The number of nitrogens with one attached hydrogen (secondary N) is 2. The molecule has 8 heteroatoms. The number of nitro groups is 1. The van der Waals surface area contributed by atoms with Crippen LogP contribution in [0.1, 0.15) is 17.3 Å². The van der Waals surface area contributed by atoms with Crippen molar-refractivity contribution in [1.82, 2.24) is 5.32 Å². The van der Waals surface area contributed by atoms with E-state index in [0.717, 1.165) is 0 Å². The second kappa shape index (κ2) is 6.66. The third-order valence-electron chi connectivity index (χ3n) is 2.42. The molecule has 0 aromatic heterocycles. The van der Waals surface area contributed by atoms with Crippen LogP contribution in [-0.4, -0.2) is 30.6 Å². The molecule has 1 aromatic carbocycles. The molecule has 0 saturated carbocycles. The predicted molar refractivity (Wildman–Crippen MR) is 69.7 cm³/mol. The van der Waals surface area contributed by atoms with Crippen molar-refractivity contribution in [2.24, 2.45) is 5.84 Å². The van der Waals surface area contributed by atoms with Crippen molar-refractivity contribution in [3.63, 3.8) is 0 Å². The number of nitrogens with zero attached hydrogens (tertiary/aromatic N) is 1. The lowest BCUT2D eigenvalue weighted by Crippen LogP contribution is -2.36. The van der Waals surface area contributed by atoms with Gasteiger partial charge in [-0.1, -0.05) is 6.07 Å². The van der Waals surface area contributed by atoms with Crippen LogP contribution < -0.4 is 16.6 Å². The highest BCUT2D eigenvalue weighted by Gasteiger charge is 2.21. The fraction of sp³-hybridized carbons (Fsp3) is 0.364. The normalized spacial score (nSPS) is 11.7. The van der Waals surface area contributed by atoms with Gasteiger partial charge in [0.25, 0.3) is 11.6 Å². The molecule has 104 valence electrons. The number of methoxy groups -OCH3 is 1. The minimum atomic E-state index is -0.607. The molecule has 0 heterocycles. The fourth-order valence-corrected chi connectivity index (χ4v) is 1.63. The Kier molecular flexibility index (Phi) is 5.22. The molecule has 1 unspecified atom stereocenters. The van der Waals surface area contributed by atoms with E-state index < -0.39 is 10.8 Å². The van der Waals surface area contributed by atoms with E-state index in [-0.39, 0.29) is 23.0 Å². The number of nitrogens with two attached hydrogens (primary N) is 1. The highest BCUT2D eigenvalue weighted by molar-refractivity contribution is 6.01. The van der Waals surface area contributed by atoms with Crippen LogP contribution in [0.2, 0.25) is 0 Å². The summed E-state index contributed by atoms with van der Waals surface area (Å²) in [5, 5.41) is 13.5. The Bertz CT molecular complexity index is 478. The Balaban J connectivity index is 3.03. The maximum Gasteiger partial charge on any atom is 0.294 e. The molecule has 0 spiro atoms. The number of hydrogen-bond donors (Lipinski definition) is 3. The van der Waals surface area contributed by atoms with Crippen LogP contribution in [0.15, 0.2) is 18.2 Å². The molecule has 0 fully saturated rings. The number of para-hydroxylation sites is 1. The van der Waals surface area contributed by atoms with E-state index in [0.29, 0.717) is 6.61 Å². The molecule has 1 aromatic rings. The first-order valence-corrected chi connectivity index (χ1v) is 5.55. The quantitative estimate of drug-likeness (QED) is 0.396. The zero-order valence-electron chi connectivity index (χ0n) is 10.7. The van der Waals surface area contributed by atoms with E-state index in [4.69, 9.17) is 10.6 Å². The van der Waals surface area contributed by atoms with Crippen molar-refractivity contribution in [1.29, 1.82) is 0 Å². The summed E-state index contributed by atoms with van der Waals surface area (Å²) in [5.74, 6) is 4.80. The molecule has 1 rings (SSSR count). The average molecular weight is 268 g/mol. The van der Waals surface area contributed by atoms with E-state index in [2.05, 4.69) is 10.7 Å². The maximum absolute atomic E-state index is 12.0. The monoisotopic (exact) mass is 268 g/mol. The number of hydrogen-bond acceptors (Lipinski definition) is 6. The van der Waals surface area contributed by atoms with Gasteiger partial charge in [-0.05, 0) is 13.0 Å². The van der Waals surface area contributed by atoms with Gasteiger partial charge in [0.2, 0.25) is 0 Å². The molecular formula is C11H16N4O4. The van der Waals surface area contributed by atoms with Crippen molar-refractivity contribution < 1.29 is 14.5 Å². The van der Waals surface area contributed by atoms with Crippen molar-refractivity contribution in [3.05, 3.63) is 33.9 Å². The number of nitrogen functional groups attached to an aromatic ring is 1. The van der Waals surface area contributed by atoms with Gasteiger partial charge in [-0.3, -0.25) is 20.8 Å². The van der Waals surface area contributed by atoms with Gasteiger partial charge < -0.3 is 15.5 Å². The van der Waals surface area contributed by atoms with E-state index >= 15 is 0 Å². The summed E-state index contributed by atoms with van der Waals surface area (Å²) in [6.45, 7) is 2.10. The van der Waals surface area contributed by atoms with Crippen molar-refractivity contribution in [3.8, 4) is 0 Å². The van der Waals surface area contributed by atoms with E-state index in [9.17, 15) is 14.9 Å². The Morgan fingerprint density at radius 2 is 2.26 bits per heavy atom. The highest BCUT2D eigenvalue weighted by atomic mass is 16.6. The predicted octanol–water partition coefficient (Wildman–Crippen LogP) is 0.645. The molecule has 0 aliphatic carbocycles. The Hall–Kier alpha value is -2.19. The number of anilines is 1. The van der Waals surface area contributed by atoms with Crippen molar-refractivity contribution in [2.45, 2.75) is 13.0 Å². The summed E-state index contributed by atoms with van der Waals surface area (Å²) >= 11 is 0. The Morgan fingerprint density at radius 1 is 1.58 bits per heavy atom. The van der Waals surface area contributed by atoms with Gasteiger partial charge >= 0.3 is 0 Å². The molecule has 1 amide bonds. The Morgan fingerprint density at radius 3 is 2.79 bits per heavy atom. The topological polar surface area (TPSA) is 120 Å². The highest BCUT2D eigenvalue weighted by Crippen LogP contribution is 2.27. The number of rotatable bonds is 6. The molecule has 1 atom stereocenters. The smallest absolute Gasteiger partial charge is 0.294 e. The van der Waals surface area contributed by atoms with Crippen LogP contribution in [0.4, 0.5) is 11.4 Å². The first-order valence-electron chi connectivity index (χ1n) is 5.55. The molecular weight excluding hydrogens is 252 g/mol. The summed E-state index contributed by atoms with van der Waals surface area (Å²) in [5.41, 5.74) is 2.03. The summed E-state index contributed by atoms with van der Waals surface area (Å²) in [4.78, 5) is 22.2. The number of carbonyl (C=O) groups is 1. The van der Waals surface area contributed by atoms with Gasteiger partial charge in [-0.2, -0.15) is 0 Å². The lowest BCUT2D eigenvalue weighted by molar-refractivity contribution is -0.384. The molecule has 4 N–H and O–H groups in total. The number of amides is 1. The number of nitro benzene ring substituents is 1. The molecule has 0 aliphatic rings. The maximum atomic E-state index is 12.0. The van der Waals surface area contributed by atoms with Crippen LogP contribution in [0.25, 0.3) is 0 Å². The number of hydrazine groups is 1. The van der Waals surface area contributed by atoms with Crippen LogP contribution in [0.5, 0.6) is 0 Å². The van der Waals surface area contributed by atoms with Crippen LogP contribution in [0.3, 0.4) is 0 Å². The van der Waals surface area contributed by atoms with Gasteiger partial charge in [0.1, 0.15) is 5.69 Å². The summed E-state index contributed by atoms with van der Waals surface area (Å²) in [6.07, 6.45) is 0. The summed E-state index contributed by atoms with van der Waals surface area (Å²) < 4.78 is 4.90. The standard InChI is InChI=1S/C11H16N4O4/c1-7(6-19-2)13-11(16)8-4-3-5-9(15(17)18)10(8)14-12/h3-5,7,14H,6,12H2,1-2H3,(H,13,16). The molecule has 0 aliphatic heterocycles. The zero-order valence-corrected chi connectivity index (χ0v) is 10.7. The van der Waals surface area contributed by atoms with Gasteiger partial charge in [0.15, 0.2) is 0 Å². The van der Waals surface area contributed by atoms with E-state index in [1.165, 1.54) is 25.3 Å². The van der Waals surface area contributed by atoms with Crippen LogP contribution >= 0.6 is 0 Å². The first kappa shape index (κ1) is 14.9. The SMILES string of the molecule is COCC(C)NC(=O)c1cccc([N+](=O)[O-])c1NN. The molecule has 0 radical (unpaired) electrons. The van der Waals surface area contributed by atoms with Gasteiger partial charge in [-0.25, -0.2) is 0 Å². The first-order chi connectivity index (χ1) is 9.01. The van der Waals surface area contributed by atoms with Crippen LogP contribution in [0, 0.1) is 10.1 Å². The molecule has 8 nitrogen and oxygen atoms in total.